The summed E-state index contributed by atoms with van der Waals surface area (Å²) in [7, 11) is 0. The number of esters is 1. The van der Waals surface area contributed by atoms with E-state index in [0.717, 1.165) is 0 Å². The summed E-state index contributed by atoms with van der Waals surface area (Å²) in [5, 5.41) is 9.01. The second-order valence-electron chi connectivity index (χ2n) is 5.03. The molecule has 16 heavy (non-hydrogen) atoms. The van der Waals surface area contributed by atoms with Crippen molar-refractivity contribution in [3.05, 3.63) is 12.2 Å². The Morgan fingerprint density at radius 3 is 2.12 bits per heavy atom. The van der Waals surface area contributed by atoms with E-state index in [2.05, 4.69) is 0 Å². The number of carboxylic acid groups (broad SMARTS) is 1. The molecule has 0 saturated carbocycles. The van der Waals surface area contributed by atoms with Gasteiger partial charge in [0.1, 0.15) is 5.60 Å². The number of hydrogen-bond acceptors (Lipinski definition) is 3. The van der Waals surface area contributed by atoms with Crippen LogP contribution in [-0.4, -0.2) is 22.6 Å². The molecule has 0 amide bonds. The van der Waals surface area contributed by atoms with E-state index < -0.39 is 29.4 Å². The maximum absolute atomic E-state index is 11.8. The lowest BCUT2D eigenvalue weighted by molar-refractivity contribution is -0.166. The predicted molar refractivity (Wildman–Crippen MR) is 58.8 cm³/mol. The van der Waals surface area contributed by atoms with Crippen LogP contribution in [0, 0.1) is 11.8 Å². The van der Waals surface area contributed by atoms with E-state index >= 15 is 0 Å². The molecule has 1 N–H and O–H groups in total. The molecule has 0 aromatic heterocycles. The molecule has 4 nitrogen and oxygen atoms in total. The van der Waals surface area contributed by atoms with Gasteiger partial charge in [-0.15, -0.1) is 0 Å². The maximum Gasteiger partial charge on any atom is 0.310 e. The molecule has 0 aromatic rings. The average Bonchev–Trinajstić information content (AvgIpc) is 2.15. The van der Waals surface area contributed by atoms with Gasteiger partial charge < -0.3 is 9.84 Å². The predicted octanol–water partition coefficient (Wildman–Crippen LogP) is 2.00. The minimum Gasteiger partial charge on any atom is -0.481 e. The lowest BCUT2D eigenvalue weighted by Gasteiger charge is -2.27. The highest BCUT2D eigenvalue weighted by molar-refractivity contribution is 5.82. The van der Waals surface area contributed by atoms with Crippen molar-refractivity contribution in [1.82, 2.24) is 0 Å². The van der Waals surface area contributed by atoms with E-state index in [9.17, 15) is 9.59 Å². The van der Waals surface area contributed by atoms with Gasteiger partial charge in [-0.2, -0.15) is 0 Å². The van der Waals surface area contributed by atoms with Crippen LogP contribution in [0.15, 0.2) is 12.2 Å². The molecule has 1 aliphatic rings. The Bertz CT molecular complexity index is 311. The topological polar surface area (TPSA) is 63.6 Å². The standard InChI is InChI=1S/C12H18O4/c1-12(2,3)16-11(15)9-7-5-4-6-8(9)10(13)14/h4-5,8-9H,6-7H2,1-3H3,(H,13,14)/t8-,9-/m0/s1. The van der Waals surface area contributed by atoms with E-state index in [4.69, 9.17) is 9.84 Å². The first-order chi connectivity index (χ1) is 7.31. The van der Waals surface area contributed by atoms with Gasteiger partial charge in [-0.25, -0.2) is 0 Å². The Balaban J connectivity index is 2.73. The molecule has 0 aromatic carbocycles. The zero-order valence-electron chi connectivity index (χ0n) is 9.90. The fourth-order valence-corrected chi connectivity index (χ4v) is 1.73. The first-order valence-electron chi connectivity index (χ1n) is 5.42. The van der Waals surface area contributed by atoms with Crippen LogP contribution < -0.4 is 0 Å². The van der Waals surface area contributed by atoms with E-state index in [0.29, 0.717) is 12.8 Å². The maximum atomic E-state index is 11.8. The van der Waals surface area contributed by atoms with Crippen LogP contribution in [0.4, 0.5) is 0 Å². The van der Waals surface area contributed by atoms with Crippen molar-refractivity contribution < 1.29 is 19.4 Å². The zero-order valence-corrected chi connectivity index (χ0v) is 9.90. The number of carbonyl (C=O) groups is 2. The summed E-state index contributed by atoms with van der Waals surface area (Å²) in [5.74, 6) is -2.55. The highest BCUT2D eigenvalue weighted by atomic mass is 16.6. The highest BCUT2D eigenvalue weighted by Crippen LogP contribution is 2.28. The summed E-state index contributed by atoms with van der Waals surface area (Å²) in [4.78, 5) is 22.8. The van der Waals surface area contributed by atoms with Crippen LogP contribution in [0.25, 0.3) is 0 Å². The zero-order chi connectivity index (χ0) is 12.3. The number of hydrogen-bond donors (Lipinski definition) is 1. The lowest BCUT2D eigenvalue weighted by Crippen LogP contribution is -2.36. The van der Waals surface area contributed by atoms with Gasteiger partial charge in [0.15, 0.2) is 0 Å². The minimum absolute atomic E-state index is 0.402. The van der Waals surface area contributed by atoms with Gasteiger partial charge in [-0.3, -0.25) is 9.59 Å². The number of rotatable bonds is 2. The Morgan fingerprint density at radius 1 is 1.19 bits per heavy atom. The highest BCUT2D eigenvalue weighted by Gasteiger charge is 2.36. The molecule has 0 bridgehead atoms. The molecule has 0 saturated heterocycles. The fourth-order valence-electron chi connectivity index (χ4n) is 1.73. The molecular weight excluding hydrogens is 208 g/mol. The summed E-state index contributed by atoms with van der Waals surface area (Å²) in [6.45, 7) is 5.33. The van der Waals surface area contributed by atoms with Gasteiger partial charge in [0, 0.05) is 0 Å². The van der Waals surface area contributed by atoms with Crippen molar-refractivity contribution in [3.63, 3.8) is 0 Å². The second kappa shape index (κ2) is 4.68. The Morgan fingerprint density at radius 2 is 1.69 bits per heavy atom. The third-order valence-corrected chi connectivity index (χ3v) is 2.46. The summed E-state index contributed by atoms with van der Waals surface area (Å²) in [5.41, 5.74) is -0.568. The molecule has 0 unspecified atom stereocenters. The summed E-state index contributed by atoms with van der Waals surface area (Å²) < 4.78 is 5.22. The van der Waals surface area contributed by atoms with Gasteiger partial charge in [0.25, 0.3) is 0 Å². The molecule has 0 spiro atoms. The van der Waals surface area contributed by atoms with Crippen LogP contribution >= 0.6 is 0 Å². The van der Waals surface area contributed by atoms with Gasteiger partial charge in [-0.05, 0) is 33.6 Å². The first-order valence-corrected chi connectivity index (χ1v) is 5.42. The number of carboxylic acids is 1. The van der Waals surface area contributed by atoms with E-state index in [1.165, 1.54) is 0 Å². The fraction of sp³-hybridized carbons (Fsp3) is 0.667. The largest absolute Gasteiger partial charge is 0.481 e. The van der Waals surface area contributed by atoms with Crippen LogP contribution in [0.2, 0.25) is 0 Å². The van der Waals surface area contributed by atoms with Crippen LogP contribution in [0.3, 0.4) is 0 Å². The molecular formula is C12H18O4. The van der Waals surface area contributed by atoms with Gasteiger partial charge in [0.05, 0.1) is 11.8 Å². The van der Waals surface area contributed by atoms with Crippen molar-refractivity contribution in [2.75, 3.05) is 0 Å². The minimum atomic E-state index is -0.930. The lowest BCUT2D eigenvalue weighted by atomic mass is 9.83. The monoisotopic (exact) mass is 226 g/mol. The van der Waals surface area contributed by atoms with Crippen LogP contribution in [0.5, 0.6) is 0 Å². The van der Waals surface area contributed by atoms with Crippen molar-refractivity contribution in [2.45, 2.75) is 39.2 Å². The molecule has 0 heterocycles. The van der Waals surface area contributed by atoms with Crippen molar-refractivity contribution in [3.8, 4) is 0 Å². The number of carbonyl (C=O) groups excluding carboxylic acids is 1. The molecule has 2 atom stereocenters. The van der Waals surface area contributed by atoms with Gasteiger partial charge in [0.2, 0.25) is 0 Å². The van der Waals surface area contributed by atoms with Crippen LogP contribution in [-0.2, 0) is 14.3 Å². The summed E-state index contributed by atoms with van der Waals surface area (Å²) >= 11 is 0. The smallest absolute Gasteiger partial charge is 0.310 e. The Kier molecular flexibility index (Phi) is 3.73. The van der Waals surface area contributed by atoms with E-state index in [1.54, 1.807) is 26.8 Å². The Hall–Kier alpha value is -1.32. The van der Waals surface area contributed by atoms with Crippen molar-refractivity contribution in [2.24, 2.45) is 11.8 Å². The second-order valence-corrected chi connectivity index (χ2v) is 5.03. The molecule has 0 radical (unpaired) electrons. The Labute approximate surface area is 95.3 Å². The van der Waals surface area contributed by atoms with Gasteiger partial charge in [-0.1, -0.05) is 12.2 Å². The third-order valence-electron chi connectivity index (χ3n) is 2.46. The molecule has 1 aliphatic carbocycles. The van der Waals surface area contributed by atoms with Crippen molar-refractivity contribution in [1.29, 1.82) is 0 Å². The average molecular weight is 226 g/mol. The summed E-state index contributed by atoms with van der Waals surface area (Å²) in [6.07, 6.45) is 4.50. The quantitative estimate of drug-likeness (QED) is 0.577. The first kappa shape index (κ1) is 12.7. The molecule has 1 rings (SSSR count). The van der Waals surface area contributed by atoms with Crippen molar-refractivity contribution >= 4 is 11.9 Å². The van der Waals surface area contributed by atoms with E-state index in [1.807, 2.05) is 6.08 Å². The summed E-state index contributed by atoms with van der Waals surface area (Å²) in [6, 6.07) is 0. The number of allylic oxidation sites excluding steroid dienone is 2. The van der Waals surface area contributed by atoms with Gasteiger partial charge >= 0.3 is 11.9 Å². The molecule has 0 fully saturated rings. The number of ether oxygens (including phenoxy) is 1. The third kappa shape index (κ3) is 3.36. The normalized spacial score (nSPS) is 25.2. The van der Waals surface area contributed by atoms with Crippen LogP contribution in [0.1, 0.15) is 33.6 Å². The SMILES string of the molecule is CC(C)(C)OC(=O)[C@H]1CC=CC[C@@H]1C(=O)O. The van der Waals surface area contributed by atoms with E-state index in [-0.39, 0.29) is 0 Å². The number of aliphatic carboxylic acids is 1. The molecule has 4 heteroatoms. The molecule has 0 aliphatic heterocycles. The molecule has 90 valence electrons.